The van der Waals surface area contributed by atoms with Crippen molar-refractivity contribution in [3.63, 3.8) is 0 Å². The molecule has 1 aromatic heterocycles. The van der Waals surface area contributed by atoms with E-state index in [4.69, 9.17) is 18.6 Å². The molecule has 1 atom stereocenters. The number of carbonyl (C=O) groups excluding carboxylic acids is 1. The van der Waals surface area contributed by atoms with Crippen molar-refractivity contribution in [3.05, 3.63) is 94.1 Å². The molecule has 0 bridgehead atoms. The Hall–Kier alpha value is -5.64. The fourth-order valence-electron chi connectivity index (χ4n) is 4.76. The summed E-state index contributed by atoms with van der Waals surface area (Å²) < 4.78 is 23.1. The second kappa shape index (κ2) is 9.83. The minimum Gasteiger partial charge on any atom is -0.508 e. The van der Waals surface area contributed by atoms with Crippen LogP contribution in [-0.4, -0.2) is 33.3 Å². The fourth-order valence-corrected chi connectivity index (χ4v) is 4.76. The quantitative estimate of drug-likeness (QED) is 0.210. The van der Waals surface area contributed by atoms with Crippen molar-refractivity contribution in [3.8, 4) is 57.3 Å². The topological polar surface area (TPSA) is 156 Å². The molecule has 0 fully saturated rings. The third kappa shape index (κ3) is 4.61. The third-order valence-electron chi connectivity index (χ3n) is 6.74. The molecule has 0 unspecified atom stereocenters. The molecule has 0 radical (unpaired) electrons. The van der Waals surface area contributed by atoms with E-state index in [1.807, 2.05) is 0 Å². The van der Waals surface area contributed by atoms with Crippen LogP contribution < -0.4 is 19.6 Å². The number of fused-ring (bicyclic) bond motifs is 2. The third-order valence-corrected chi connectivity index (χ3v) is 6.74. The number of hydrogen-bond donors (Lipinski definition) is 4. The first-order valence-corrected chi connectivity index (χ1v) is 12.4. The number of Topliss-reactive ketones (excluding diaryl/α,β-unsaturated/α-hetero) is 1. The number of phenolic OH excluding ortho intramolecular Hbond substituents is 4. The van der Waals surface area contributed by atoms with Gasteiger partial charge in [0.1, 0.15) is 57.1 Å². The van der Waals surface area contributed by atoms with Gasteiger partial charge in [0.25, 0.3) is 0 Å². The Morgan fingerprint density at radius 2 is 1.59 bits per heavy atom. The largest absolute Gasteiger partial charge is 0.508 e. The van der Waals surface area contributed by atoms with Crippen molar-refractivity contribution in [2.45, 2.75) is 12.5 Å². The maximum absolute atomic E-state index is 13.1. The zero-order valence-corrected chi connectivity index (χ0v) is 21.5. The van der Waals surface area contributed by atoms with E-state index in [0.29, 0.717) is 11.1 Å². The molecule has 10 heteroatoms. The van der Waals surface area contributed by atoms with Gasteiger partial charge >= 0.3 is 0 Å². The van der Waals surface area contributed by atoms with Crippen molar-refractivity contribution in [1.82, 2.24) is 0 Å². The van der Waals surface area contributed by atoms with Crippen LogP contribution in [0.1, 0.15) is 28.4 Å². The molecular weight excluding hydrogens is 532 g/mol. The molecule has 0 saturated heterocycles. The highest BCUT2D eigenvalue weighted by atomic mass is 16.5. The van der Waals surface area contributed by atoms with Crippen molar-refractivity contribution >= 4 is 16.8 Å². The van der Waals surface area contributed by atoms with E-state index >= 15 is 0 Å². The van der Waals surface area contributed by atoms with E-state index in [2.05, 4.69) is 0 Å². The summed E-state index contributed by atoms with van der Waals surface area (Å²) in [5.74, 6) is -0.670. The molecule has 1 aliphatic heterocycles. The molecule has 0 spiro atoms. The van der Waals surface area contributed by atoms with Crippen LogP contribution in [0, 0.1) is 0 Å². The van der Waals surface area contributed by atoms with E-state index in [9.17, 15) is 30.0 Å². The summed E-state index contributed by atoms with van der Waals surface area (Å²) >= 11 is 0. The first-order chi connectivity index (χ1) is 19.7. The smallest absolute Gasteiger partial charge is 0.211 e. The van der Waals surface area contributed by atoms with Gasteiger partial charge in [-0.3, -0.25) is 9.59 Å². The van der Waals surface area contributed by atoms with E-state index < -0.39 is 17.3 Å². The monoisotopic (exact) mass is 554 g/mol. The summed E-state index contributed by atoms with van der Waals surface area (Å²) in [6.45, 7) is 0. The second-order valence-corrected chi connectivity index (χ2v) is 9.39. The lowest BCUT2D eigenvalue weighted by Gasteiger charge is -2.27. The maximum Gasteiger partial charge on any atom is 0.211 e. The number of hydrogen-bond acceptors (Lipinski definition) is 10. The lowest BCUT2D eigenvalue weighted by Crippen LogP contribution is -2.20. The molecule has 206 valence electrons. The van der Waals surface area contributed by atoms with Crippen molar-refractivity contribution in [1.29, 1.82) is 0 Å². The van der Waals surface area contributed by atoms with Crippen LogP contribution in [0.5, 0.6) is 46.0 Å². The van der Waals surface area contributed by atoms with Crippen LogP contribution in [-0.2, 0) is 0 Å². The normalized spacial score (nSPS) is 14.4. The molecular formula is C31H22O10. The predicted octanol–water partition coefficient (Wildman–Crippen LogP) is 5.79. The minimum atomic E-state index is -0.609. The SMILES string of the molecule is COc1cc2c(c(O)c1Oc1ccc(-c3cc(=O)c4c(O)cc(O)cc4o3)cc1)C(=O)C[C@H](c1ccc(O)cc1)O2. The maximum atomic E-state index is 13.1. The van der Waals surface area contributed by atoms with Gasteiger partial charge in [-0.2, -0.15) is 0 Å². The Balaban J connectivity index is 1.30. The summed E-state index contributed by atoms with van der Waals surface area (Å²) in [5.41, 5.74) is 0.703. The minimum absolute atomic E-state index is 0.0218. The van der Waals surface area contributed by atoms with Crippen molar-refractivity contribution in [2.75, 3.05) is 7.11 Å². The van der Waals surface area contributed by atoms with Gasteiger partial charge in [-0.1, -0.05) is 12.1 Å². The molecule has 1 aliphatic rings. The van der Waals surface area contributed by atoms with Crippen LogP contribution in [0.2, 0.25) is 0 Å². The van der Waals surface area contributed by atoms with Gasteiger partial charge in [0.05, 0.1) is 13.5 Å². The number of methoxy groups -OCH3 is 1. The highest BCUT2D eigenvalue weighted by molar-refractivity contribution is 6.03. The second-order valence-electron chi connectivity index (χ2n) is 9.39. The number of ether oxygens (including phenoxy) is 3. The molecule has 4 N–H and O–H groups in total. The van der Waals surface area contributed by atoms with Gasteiger partial charge in [0, 0.05) is 29.8 Å². The van der Waals surface area contributed by atoms with E-state index in [-0.39, 0.29) is 74.7 Å². The van der Waals surface area contributed by atoms with Crippen molar-refractivity contribution in [2.24, 2.45) is 0 Å². The van der Waals surface area contributed by atoms with Gasteiger partial charge in [-0.15, -0.1) is 0 Å². The summed E-state index contributed by atoms with van der Waals surface area (Å²) in [4.78, 5) is 25.6. The van der Waals surface area contributed by atoms with E-state index in [0.717, 1.165) is 6.07 Å². The average Bonchev–Trinajstić information content (AvgIpc) is 2.94. The summed E-state index contributed by atoms with van der Waals surface area (Å²) in [6.07, 6.45) is -0.639. The zero-order chi connectivity index (χ0) is 28.8. The summed E-state index contributed by atoms with van der Waals surface area (Å²) in [7, 11) is 1.39. The number of aromatic hydroxyl groups is 4. The molecule has 10 nitrogen and oxygen atoms in total. The average molecular weight is 555 g/mol. The molecule has 41 heavy (non-hydrogen) atoms. The Bertz CT molecular complexity index is 1870. The van der Waals surface area contributed by atoms with Crippen LogP contribution in [0.4, 0.5) is 0 Å². The Morgan fingerprint density at radius 3 is 2.29 bits per heavy atom. The Kier molecular flexibility index (Phi) is 6.15. The van der Waals surface area contributed by atoms with Crippen LogP contribution in [0.3, 0.4) is 0 Å². The first-order valence-electron chi connectivity index (χ1n) is 12.4. The summed E-state index contributed by atoms with van der Waals surface area (Å²) in [6, 6.07) is 17.7. The summed E-state index contributed by atoms with van der Waals surface area (Å²) in [5, 5.41) is 40.3. The molecule has 6 rings (SSSR count). The van der Waals surface area contributed by atoms with Crippen LogP contribution in [0.15, 0.2) is 82.0 Å². The first kappa shape index (κ1) is 25.6. The Morgan fingerprint density at radius 1 is 0.854 bits per heavy atom. The lowest BCUT2D eigenvalue weighted by atomic mass is 9.95. The number of phenols is 4. The van der Waals surface area contributed by atoms with Gasteiger partial charge in [0.2, 0.25) is 5.75 Å². The van der Waals surface area contributed by atoms with E-state index in [1.165, 1.54) is 37.4 Å². The highest BCUT2D eigenvalue weighted by Gasteiger charge is 2.34. The van der Waals surface area contributed by atoms with E-state index in [1.54, 1.807) is 36.4 Å². The number of carbonyl (C=O) groups is 1. The molecule has 2 heterocycles. The lowest BCUT2D eigenvalue weighted by molar-refractivity contribution is 0.0843. The molecule has 0 aliphatic carbocycles. The highest BCUT2D eigenvalue weighted by Crippen LogP contribution is 2.50. The molecule has 4 aromatic carbocycles. The predicted molar refractivity (Wildman–Crippen MR) is 146 cm³/mol. The van der Waals surface area contributed by atoms with Crippen LogP contribution in [0.25, 0.3) is 22.3 Å². The van der Waals surface area contributed by atoms with Gasteiger partial charge in [-0.05, 0) is 42.0 Å². The number of benzene rings is 4. The van der Waals surface area contributed by atoms with Crippen LogP contribution >= 0.6 is 0 Å². The van der Waals surface area contributed by atoms with Crippen molar-refractivity contribution < 1.29 is 43.8 Å². The number of rotatable bonds is 5. The van der Waals surface area contributed by atoms with Gasteiger partial charge in [0.15, 0.2) is 22.7 Å². The fraction of sp³-hybridized carbons (Fsp3) is 0.0968. The molecule has 0 amide bonds. The standard InChI is InChI=1S/C31H22O10/c1-38-27-14-26-29(22(36)13-24(41-26)15-2-6-17(32)7-3-15)30(37)31(27)39-19-8-4-16(5-9-19)23-12-21(35)28-20(34)10-18(33)11-25(28)40-23/h2-12,14,24,32-34,37H,13H2,1H3/t24-/m1/s1. The molecule has 5 aromatic rings. The van der Waals surface area contributed by atoms with Gasteiger partial charge in [-0.25, -0.2) is 0 Å². The zero-order valence-electron chi connectivity index (χ0n) is 21.5. The molecule has 0 saturated carbocycles. The van der Waals surface area contributed by atoms with Gasteiger partial charge < -0.3 is 39.1 Å². The number of ketones is 1. The Labute approximate surface area is 231 Å².